The van der Waals surface area contributed by atoms with Crippen LogP contribution in [-0.2, 0) is 4.79 Å². The normalized spacial score (nSPS) is 11.4. The Morgan fingerprint density at radius 1 is 1.31 bits per heavy atom. The van der Waals surface area contributed by atoms with Gasteiger partial charge in [-0.15, -0.1) is 0 Å². The lowest BCUT2D eigenvalue weighted by Gasteiger charge is -2.11. The number of allylic oxidation sites excluding steroid dienone is 1. The van der Waals surface area contributed by atoms with Gasteiger partial charge in [-0.3, -0.25) is 4.79 Å². The molecule has 0 saturated heterocycles. The second-order valence-electron chi connectivity index (χ2n) is 3.82. The molecule has 0 aliphatic heterocycles. The van der Waals surface area contributed by atoms with E-state index in [1.165, 1.54) is 0 Å². The van der Waals surface area contributed by atoms with Crippen molar-refractivity contribution in [3.63, 3.8) is 0 Å². The van der Waals surface area contributed by atoms with Crippen molar-refractivity contribution >= 4 is 12.0 Å². The zero-order chi connectivity index (χ0) is 12.6. The van der Waals surface area contributed by atoms with Crippen molar-refractivity contribution in [2.75, 3.05) is 13.1 Å². The van der Waals surface area contributed by atoms with E-state index in [1.807, 2.05) is 19.9 Å². The molecule has 3 N–H and O–H groups in total. The second-order valence-corrected chi connectivity index (χ2v) is 3.82. The quantitative estimate of drug-likeness (QED) is 0.601. The average molecular weight is 228 g/mol. The van der Waals surface area contributed by atoms with Gasteiger partial charge in [-0.25, -0.2) is 4.79 Å². The molecule has 0 fully saturated rings. The van der Waals surface area contributed by atoms with Crippen LogP contribution >= 0.6 is 0 Å². The standard InChI is InChI=1S/C11H20N2O3/c1-4-9(10(14)15)7-13-11(16)12-6-5-8(2)3/h5,9H,4,6-7H2,1-3H3,(H,14,15)(H2,12,13,16). The van der Waals surface area contributed by atoms with E-state index in [9.17, 15) is 9.59 Å². The number of hydrogen-bond acceptors (Lipinski definition) is 2. The number of aliphatic carboxylic acids is 1. The van der Waals surface area contributed by atoms with Crippen LogP contribution in [0.2, 0.25) is 0 Å². The third-order valence-electron chi connectivity index (χ3n) is 2.12. The van der Waals surface area contributed by atoms with E-state index in [2.05, 4.69) is 10.6 Å². The van der Waals surface area contributed by atoms with Gasteiger partial charge in [-0.05, 0) is 20.3 Å². The first-order valence-corrected chi connectivity index (χ1v) is 5.35. The Morgan fingerprint density at radius 2 is 1.94 bits per heavy atom. The molecule has 5 heteroatoms. The molecule has 0 aromatic heterocycles. The summed E-state index contributed by atoms with van der Waals surface area (Å²) in [4.78, 5) is 21.9. The van der Waals surface area contributed by atoms with E-state index in [0.717, 1.165) is 5.57 Å². The summed E-state index contributed by atoms with van der Waals surface area (Å²) in [5, 5.41) is 13.9. The van der Waals surface area contributed by atoms with E-state index < -0.39 is 11.9 Å². The highest BCUT2D eigenvalue weighted by atomic mass is 16.4. The molecule has 0 rings (SSSR count). The molecule has 1 atom stereocenters. The van der Waals surface area contributed by atoms with Gasteiger partial charge < -0.3 is 15.7 Å². The molecule has 0 radical (unpaired) electrons. The summed E-state index contributed by atoms with van der Waals surface area (Å²) < 4.78 is 0. The number of carbonyl (C=O) groups excluding carboxylic acids is 1. The maximum absolute atomic E-state index is 11.2. The number of carboxylic acid groups (broad SMARTS) is 1. The Balaban J connectivity index is 3.80. The summed E-state index contributed by atoms with van der Waals surface area (Å²) in [6.07, 6.45) is 2.39. The lowest BCUT2D eigenvalue weighted by molar-refractivity contribution is -0.141. The van der Waals surface area contributed by atoms with Gasteiger partial charge in [-0.2, -0.15) is 0 Å². The minimum absolute atomic E-state index is 0.159. The van der Waals surface area contributed by atoms with Crippen LogP contribution in [0.25, 0.3) is 0 Å². The first-order valence-electron chi connectivity index (χ1n) is 5.35. The van der Waals surface area contributed by atoms with Crippen LogP contribution in [0.3, 0.4) is 0 Å². The summed E-state index contributed by atoms with van der Waals surface area (Å²) in [5.41, 5.74) is 1.12. The largest absolute Gasteiger partial charge is 0.481 e. The van der Waals surface area contributed by atoms with Crippen molar-refractivity contribution in [1.82, 2.24) is 10.6 Å². The summed E-state index contributed by atoms with van der Waals surface area (Å²) in [6.45, 7) is 6.28. The molecule has 92 valence electrons. The van der Waals surface area contributed by atoms with Crippen LogP contribution in [0.15, 0.2) is 11.6 Å². The van der Waals surface area contributed by atoms with E-state index in [-0.39, 0.29) is 12.6 Å². The lowest BCUT2D eigenvalue weighted by atomic mass is 10.1. The van der Waals surface area contributed by atoms with Crippen LogP contribution in [-0.4, -0.2) is 30.2 Å². The van der Waals surface area contributed by atoms with Gasteiger partial charge in [0.15, 0.2) is 0 Å². The molecular formula is C11H20N2O3. The summed E-state index contributed by atoms with van der Waals surface area (Å²) in [5.74, 6) is -1.40. The van der Waals surface area contributed by atoms with E-state index >= 15 is 0 Å². The smallest absolute Gasteiger partial charge is 0.315 e. The molecule has 0 aliphatic rings. The monoisotopic (exact) mass is 228 g/mol. The van der Waals surface area contributed by atoms with Crippen LogP contribution < -0.4 is 10.6 Å². The molecule has 1 unspecified atom stereocenters. The SMILES string of the molecule is CCC(CNC(=O)NCC=C(C)C)C(=O)O. The first kappa shape index (κ1) is 14.5. The molecule has 0 bridgehead atoms. The molecule has 0 heterocycles. The number of amides is 2. The molecule has 0 aromatic rings. The van der Waals surface area contributed by atoms with Crippen LogP contribution in [0, 0.1) is 5.92 Å². The summed E-state index contributed by atoms with van der Waals surface area (Å²) >= 11 is 0. The van der Waals surface area contributed by atoms with Crippen molar-refractivity contribution in [2.45, 2.75) is 27.2 Å². The fourth-order valence-electron chi connectivity index (χ4n) is 1.03. The Morgan fingerprint density at radius 3 is 2.38 bits per heavy atom. The molecule has 0 aliphatic carbocycles. The number of nitrogens with one attached hydrogen (secondary N) is 2. The van der Waals surface area contributed by atoms with Gasteiger partial charge in [0.2, 0.25) is 0 Å². The minimum Gasteiger partial charge on any atom is -0.481 e. The number of carbonyl (C=O) groups is 2. The molecule has 2 amide bonds. The second kappa shape index (κ2) is 7.73. The van der Waals surface area contributed by atoms with Crippen LogP contribution in [0.1, 0.15) is 27.2 Å². The Labute approximate surface area is 95.9 Å². The van der Waals surface area contributed by atoms with Crippen molar-refractivity contribution in [3.8, 4) is 0 Å². The highest BCUT2D eigenvalue weighted by Gasteiger charge is 2.15. The van der Waals surface area contributed by atoms with Gasteiger partial charge >= 0.3 is 12.0 Å². The fourth-order valence-corrected chi connectivity index (χ4v) is 1.03. The van der Waals surface area contributed by atoms with Crippen molar-refractivity contribution in [1.29, 1.82) is 0 Å². The summed E-state index contributed by atoms with van der Waals surface area (Å²) in [7, 11) is 0. The van der Waals surface area contributed by atoms with Gasteiger partial charge in [0, 0.05) is 13.1 Å². The number of rotatable bonds is 6. The summed E-state index contributed by atoms with van der Waals surface area (Å²) in [6, 6.07) is -0.336. The number of hydrogen-bond donors (Lipinski definition) is 3. The molecule has 0 aromatic carbocycles. The molecule has 5 nitrogen and oxygen atoms in total. The Bertz CT molecular complexity index is 270. The topological polar surface area (TPSA) is 78.4 Å². The number of urea groups is 1. The number of carboxylic acids is 1. The van der Waals surface area contributed by atoms with Gasteiger partial charge in [0.05, 0.1) is 5.92 Å². The average Bonchev–Trinajstić information content (AvgIpc) is 2.17. The maximum atomic E-state index is 11.2. The van der Waals surface area contributed by atoms with E-state index in [0.29, 0.717) is 13.0 Å². The fraction of sp³-hybridized carbons (Fsp3) is 0.636. The zero-order valence-electron chi connectivity index (χ0n) is 10.0. The third-order valence-corrected chi connectivity index (χ3v) is 2.12. The highest BCUT2D eigenvalue weighted by molar-refractivity contribution is 5.75. The zero-order valence-corrected chi connectivity index (χ0v) is 10.0. The predicted molar refractivity (Wildman–Crippen MR) is 62.2 cm³/mol. The predicted octanol–water partition coefficient (Wildman–Crippen LogP) is 1.36. The van der Waals surface area contributed by atoms with Gasteiger partial charge in [0.25, 0.3) is 0 Å². The van der Waals surface area contributed by atoms with E-state index in [4.69, 9.17) is 5.11 Å². The first-order chi connectivity index (χ1) is 7.47. The van der Waals surface area contributed by atoms with Crippen molar-refractivity contribution in [2.24, 2.45) is 5.92 Å². The van der Waals surface area contributed by atoms with E-state index in [1.54, 1.807) is 6.92 Å². The van der Waals surface area contributed by atoms with Gasteiger partial charge in [0.1, 0.15) is 0 Å². The molecule has 16 heavy (non-hydrogen) atoms. The third kappa shape index (κ3) is 6.86. The highest BCUT2D eigenvalue weighted by Crippen LogP contribution is 1.99. The van der Waals surface area contributed by atoms with Crippen molar-refractivity contribution in [3.05, 3.63) is 11.6 Å². The van der Waals surface area contributed by atoms with Crippen LogP contribution in [0.5, 0.6) is 0 Å². The Kier molecular flexibility index (Phi) is 7.00. The molecule has 0 spiro atoms. The Hall–Kier alpha value is -1.52. The molecular weight excluding hydrogens is 208 g/mol. The van der Waals surface area contributed by atoms with Crippen LogP contribution in [0.4, 0.5) is 4.79 Å². The molecule has 0 saturated carbocycles. The maximum Gasteiger partial charge on any atom is 0.315 e. The van der Waals surface area contributed by atoms with Gasteiger partial charge in [-0.1, -0.05) is 18.6 Å². The minimum atomic E-state index is -0.882. The lowest BCUT2D eigenvalue weighted by Crippen LogP contribution is -2.39. The van der Waals surface area contributed by atoms with Crippen molar-refractivity contribution < 1.29 is 14.7 Å².